The normalized spacial score (nSPS) is 19.4. The third kappa shape index (κ3) is 3.22. The molecular weight excluding hydrogens is 246 g/mol. The Kier molecular flexibility index (Phi) is 4.97. The van der Waals surface area contributed by atoms with Crippen LogP contribution < -0.4 is 10.6 Å². The van der Waals surface area contributed by atoms with E-state index in [-0.39, 0.29) is 0 Å². The number of nitrogens with zero attached hydrogens (tertiary/aromatic N) is 2. The first-order chi connectivity index (χ1) is 8.74. The standard InChI is InChI=1S/C13H23N3OS/c1-3-5-11-12(8-14)18-13(15-11)16(2)9-10-6-4-7-17-10/h10H,3-9,14H2,1-2H3. The molecule has 1 aromatic heterocycles. The van der Waals surface area contributed by atoms with E-state index < -0.39 is 0 Å². The molecule has 1 fully saturated rings. The minimum Gasteiger partial charge on any atom is -0.376 e. The van der Waals surface area contributed by atoms with Crippen LogP contribution in [0.4, 0.5) is 5.13 Å². The quantitative estimate of drug-likeness (QED) is 0.860. The Bertz CT molecular complexity index is 374. The van der Waals surface area contributed by atoms with Crippen LogP contribution in [0, 0.1) is 0 Å². The van der Waals surface area contributed by atoms with Gasteiger partial charge in [0, 0.05) is 31.6 Å². The van der Waals surface area contributed by atoms with Crippen molar-refractivity contribution in [2.24, 2.45) is 5.73 Å². The van der Waals surface area contributed by atoms with Crippen molar-refractivity contribution >= 4 is 16.5 Å². The molecule has 1 saturated heterocycles. The summed E-state index contributed by atoms with van der Waals surface area (Å²) in [7, 11) is 2.09. The molecule has 1 aromatic rings. The highest BCUT2D eigenvalue weighted by Crippen LogP contribution is 2.27. The zero-order chi connectivity index (χ0) is 13.0. The summed E-state index contributed by atoms with van der Waals surface area (Å²) in [5.41, 5.74) is 6.97. The Balaban J connectivity index is 2.02. The highest BCUT2D eigenvalue weighted by Gasteiger charge is 2.20. The van der Waals surface area contributed by atoms with Crippen LogP contribution in [0.2, 0.25) is 0 Å². The molecule has 1 aliphatic rings. The lowest BCUT2D eigenvalue weighted by Crippen LogP contribution is -2.28. The number of hydrogen-bond donors (Lipinski definition) is 1. The van der Waals surface area contributed by atoms with E-state index >= 15 is 0 Å². The second-order valence-electron chi connectivity index (χ2n) is 4.84. The molecule has 0 radical (unpaired) electrons. The van der Waals surface area contributed by atoms with Gasteiger partial charge in [-0.15, -0.1) is 11.3 Å². The van der Waals surface area contributed by atoms with E-state index in [9.17, 15) is 0 Å². The maximum Gasteiger partial charge on any atom is 0.185 e. The van der Waals surface area contributed by atoms with Crippen molar-refractivity contribution in [2.75, 3.05) is 25.1 Å². The van der Waals surface area contributed by atoms with Gasteiger partial charge < -0.3 is 15.4 Å². The largest absolute Gasteiger partial charge is 0.376 e. The van der Waals surface area contributed by atoms with Gasteiger partial charge >= 0.3 is 0 Å². The summed E-state index contributed by atoms with van der Waals surface area (Å²) in [6.07, 6.45) is 4.87. The Morgan fingerprint density at radius 2 is 2.39 bits per heavy atom. The van der Waals surface area contributed by atoms with Crippen LogP contribution in [-0.4, -0.2) is 31.3 Å². The van der Waals surface area contributed by atoms with Gasteiger partial charge in [0.2, 0.25) is 0 Å². The molecular formula is C13H23N3OS. The summed E-state index contributed by atoms with van der Waals surface area (Å²) in [6, 6.07) is 0. The van der Waals surface area contributed by atoms with E-state index in [0.717, 1.165) is 31.1 Å². The summed E-state index contributed by atoms with van der Waals surface area (Å²) >= 11 is 1.73. The van der Waals surface area contributed by atoms with Crippen molar-refractivity contribution in [3.05, 3.63) is 10.6 Å². The van der Waals surface area contributed by atoms with Gasteiger partial charge in [0.1, 0.15) is 0 Å². The van der Waals surface area contributed by atoms with Gasteiger partial charge in [-0.2, -0.15) is 0 Å². The first kappa shape index (κ1) is 13.8. The maximum atomic E-state index is 5.79. The van der Waals surface area contributed by atoms with Crippen LogP contribution in [0.5, 0.6) is 0 Å². The Labute approximate surface area is 113 Å². The summed E-state index contributed by atoms with van der Waals surface area (Å²) in [4.78, 5) is 8.16. The topological polar surface area (TPSA) is 51.4 Å². The number of hydrogen-bond acceptors (Lipinski definition) is 5. The number of rotatable bonds is 6. The average Bonchev–Trinajstić information content (AvgIpc) is 2.98. The first-order valence-corrected chi connectivity index (χ1v) is 7.57. The minimum atomic E-state index is 0.370. The van der Waals surface area contributed by atoms with Gasteiger partial charge in [0.15, 0.2) is 5.13 Å². The number of aromatic nitrogens is 1. The SMILES string of the molecule is CCCc1nc(N(C)CC2CCCO2)sc1CN. The number of aryl methyl sites for hydroxylation is 1. The molecule has 4 nitrogen and oxygen atoms in total. The predicted molar refractivity (Wildman–Crippen MR) is 76.2 cm³/mol. The third-order valence-corrected chi connectivity index (χ3v) is 4.50. The molecule has 2 heterocycles. The maximum absolute atomic E-state index is 5.79. The summed E-state index contributed by atoms with van der Waals surface area (Å²) < 4.78 is 5.67. The summed E-state index contributed by atoms with van der Waals surface area (Å²) in [5, 5.41) is 1.08. The van der Waals surface area contributed by atoms with Gasteiger partial charge in [0.25, 0.3) is 0 Å². The van der Waals surface area contributed by atoms with Gasteiger partial charge in [-0.3, -0.25) is 0 Å². The van der Waals surface area contributed by atoms with E-state index in [2.05, 4.69) is 18.9 Å². The van der Waals surface area contributed by atoms with Crippen molar-refractivity contribution in [2.45, 2.75) is 45.3 Å². The van der Waals surface area contributed by atoms with Gasteiger partial charge in [-0.05, 0) is 19.3 Å². The van der Waals surface area contributed by atoms with E-state index in [1.807, 2.05) is 0 Å². The Morgan fingerprint density at radius 1 is 1.56 bits per heavy atom. The van der Waals surface area contributed by atoms with E-state index in [1.54, 1.807) is 11.3 Å². The molecule has 0 aromatic carbocycles. The number of anilines is 1. The van der Waals surface area contributed by atoms with Gasteiger partial charge in [-0.1, -0.05) is 13.3 Å². The summed E-state index contributed by atoms with van der Waals surface area (Å²) in [5.74, 6) is 0. The molecule has 1 aliphatic heterocycles. The molecule has 0 spiro atoms. The fourth-order valence-electron chi connectivity index (χ4n) is 2.30. The molecule has 2 rings (SSSR count). The summed E-state index contributed by atoms with van der Waals surface area (Å²) in [6.45, 7) is 4.62. The van der Waals surface area contributed by atoms with Gasteiger partial charge in [0.05, 0.1) is 11.8 Å². The Morgan fingerprint density at radius 3 is 3.00 bits per heavy atom. The molecule has 0 saturated carbocycles. The van der Waals surface area contributed by atoms with Gasteiger partial charge in [-0.25, -0.2) is 4.98 Å². The second kappa shape index (κ2) is 6.50. The fraction of sp³-hybridized carbons (Fsp3) is 0.769. The predicted octanol–water partition coefficient (Wildman–Crippen LogP) is 2.17. The highest BCUT2D eigenvalue weighted by atomic mass is 32.1. The minimum absolute atomic E-state index is 0.370. The van der Waals surface area contributed by atoms with Crippen LogP contribution in [0.15, 0.2) is 0 Å². The lowest BCUT2D eigenvalue weighted by Gasteiger charge is -2.19. The molecule has 5 heteroatoms. The zero-order valence-corrected chi connectivity index (χ0v) is 12.1. The van der Waals surface area contributed by atoms with Crippen molar-refractivity contribution in [3.8, 4) is 0 Å². The van der Waals surface area contributed by atoms with Crippen LogP contribution in [-0.2, 0) is 17.7 Å². The van der Waals surface area contributed by atoms with E-state index in [1.165, 1.54) is 23.4 Å². The smallest absolute Gasteiger partial charge is 0.185 e. The molecule has 0 amide bonds. The first-order valence-electron chi connectivity index (χ1n) is 6.76. The molecule has 18 heavy (non-hydrogen) atoms. The third-order valence-electron chi connectivity index (χ3n) is 3.27. The lowest BCUT2D eigenvalue weighted by atomic mass is 10.2. The van der Waals surface area contributed by atoms with Crippen molar-refractivity contribution < 1.29 is 4.74 Å². The lowest BCUT2D eigenvalue weighted by molar-refractivity contribution is 0.116. The average molecular weight is 269 g/mol. The van der Waals surface area contributed by atoms with Crippen molar-refractivity contribution in [1.82, 2.24) is 4.98 Å². The number of ether oxygens (including phenoxy) is 1. The fourth-order valence-corrected chi connectivity index (χ4v) is 3.25. The zero-order valence-electron chi connectivity index (χ0n) is 11.3. The molecule has 2 N–H and O–H groups in total. The number of thiazole rings is 1. The highest BCUT2D eigenvalue weighted by molar-refractivity contribution is 7.15. The number of likely N-dealkylation sites (N-methyl/N-ethyl adjacent to an activating group) is 1. The van der Waals surface area contributed by atoms with E-state index in [0.29, 0.717) is 12.6 Å². The second-order valence-corrected chi connectivity index (χ2v) is 5.90. The van der Waals surface area contributed by atoms with Crippen LogP contribution in [0.3, 0.4) is 0 Å². The van der Waals surface area contributed by atoms with Crippen LogP contribution in [0.1, 0.15) is 36.8 Å². The van der Waals surface area contributed by atoms with Crippen molar-refractivity contribution in [1.29, 1.82) is 0 Å². The molecule has 0 bridgehead atoms. The monoisotopic (exact) mass is 269 g/mol. The molecule has 1 atom stereocenters. The van der Waals surface area contributed by atoms with Crippen molar-refractivity contribution in [3.63, 3.8) is 0 Å². The molecule has 102 valence electrons. The molecule has 0 aliphatic carbocycles. The van der Waals surface area contributed by atoms with E-state index in [4.69, 9.17) is 15.5 Å². The van der Waals surface area contributed by atoms with Crippen LogP contribution in [0.25, 0.3) is 0 Å². The van der Waals surface area contributed by atoms with Crippen LogP contribution >= 0.6 is 11.3 Å². The molecule has 1 unspecified atom stereocenters. The Hall–Kier alpha value is -0.650. The number of nitrogens with two attached hydrogens (primary N) is 1.